The van der Waals surface area contributed by atoms with Gasteiger partial charge in [0.15, 0.2) is 6.29 Å². The standard InChI is InChI=1S/C15H13ClO3/c1-18-13-6-10(7-14(8-13)19-2)15-4-3-12(16)5-11(15)9-17/h3-9H,1-2H3. The van der Waals surface area contributed by atoms with E-state index in [1.54, 1.807) is 38.5 Å². The summed E-state index contributed by atoms with van der Waals surface area (Å²) >= 11 is 5.89. The largest absolute Gasteiger partial charge is 0.497 e. The zero-order valence-electron chi connectivity index (χ0n) is 10.6. The van der Waals surface area contributed by atoms with E-state index in [1.165, 1.54) is 0 Å². The maximum atomic E-state index is 11.1. The molecule has 0 atom stereocenters. The Morgan fingerprint density at radius 2 is 1.63 bits per heavy atom. The minimum atomic E-state index is 0.528. The van der Waals surface area contributed by atoms with Gasteiger partial charge < -0.3 is 9.47 Å². The molecule has 0 unspecified atom stereocenters. The van der Waals surface area contributed by atoms with Crippen LogP contribution in [0.4, 0.5) is 0 Å². The summed E-state index contributed by atoms with van der Waals surface area (Å²) in [6, 6.07) is 10.7. The molecule has 0 fully saturated rings. The number of ether oxygens (including phenoxy) is 2. The van der Waals surface area contributed by atoms with Crippen molar-refractivity contribution >= 4 is 17.9 Å². The van der Waals surface area contributed by atoms with Gasteiger partial charge in [0.05, 0.1) is 14.2 Å². The summed E-state index contributed by atoms with van der Waals surface area (Å²) in [5.41, 5.74) is 2.16. The number of carbonyl (C=O) groups excluding carboxylic acids is 1. The monoisotopic (exact) mass is 276 g/mol. The molecular weight excluding hydrogens is 264 g/mol. The molecule has 0 amide bonds. The Morgan fingerprint density at radius 3 is 2.16 bits per heavy atom. The quantitative estimate of drug-likeness (QED) is 0.796. The molecule has 3 nitrogen and oxygen atoms in total. The van der Waals surface area contributed by atoms with E-state index in [9.17, 15) is 4.79 Å². The van der Waals surface area contributed by atoms with E-state index in [2.05, 4.69) is 0 Å². The fourth-order valence-corrected chi connectivity index (χ4v) is 2.04. The van der Waals surface area contributed by atoms with Crippen LogP contribution in [-0.4, -0.2) is 20.5 Å². The summed E-state index contributed by atoms with van der Waals surface area (Å²) in [6.45, 7) is 0. The maximum Gasteiger partial charge on any atom is 0.150 e. The third-order valence-corrected chi connectivity index (χ3v) is 3.04. The van der Waals surface area contributed by atoms with Crippen LogP contribution in [-0.2, 0) is 0 Å². The first-order valence-corrected chi connectivity index (χ1v) is 6.04. The van der Waals surface area contributed by atoms with E-state index in [0.717, 1.165) is 17.4 Å². The predicted octanol–water partition coefficient (Wildman–Crippen LogP) is 3.84. The lowest BCUT2D eigenvalue weighted by molar-refractivity contribution is 0.112. The minimum Gasteiger partial charge on any atom is -0.497 e. The van der Waals surface area contributed by atoms with Gasteiger partial charge in [-0.2, -0.15) is 0 Å². The fraction of sp³-hybridized carbons (Fsp3) is 0.133. The van der Waals surface area contributed by atoms with Gasteiger partial charge in [-0.3, -0.25) is 4.79 Å². The van der Waals surface area contributed by atoms with Crippen molar-refractivity contribution in [3.63, 3.8) is 0 Å². The fourth-order valence-electron chi connectivity index (χ4n) is 1.86. The highest BCUT2D eigenvalue weighted by atomic mass is 35.5. The molecule has 98 valence electrons. The average molecular weight is 277 g/mol. The van der Waals surface area contributed by atoms with Crippen LogP contribution in [0.25, 0.3) is 11.1 Å². The predicted molar refractivity (Wildman–Crippen MR) is 75.4 cm³/mol. The summed E-state index contributed by atoms with van der Waals surface area (Å²) < 4.78 is 10.4. The molecule has 0 saturated carbocycles. The van der Waals surface area contributed by atoms with Gasteiger partial charge in [0.25, 0.3) is 0 Å². The zero-order chi connectivity index (χ0) is 13.8. The number of halogens is 1. The number of hydrogen-bond donors (Lipinski definition) is 0. The topological polar surface area (TPSA) is 35.5 Å². The first kappa shape index (κ1) is 13.4. The van der Waals surface area contributed by atoms with E-state index in [4.69, 9.17) is 21.1 Å². The smallest absolute Gasteiger partial charge is 0.150 e. The van der Waals surface area contributed by atoms with Crippen LogP contribution in [0.1, 0.15) is 10.4 Å². The van der Waals surface area contributed by atoms with Gasteiger partial charge in [0.1, 0.15) is 11.5 Å². The maximum absolute atomic E-state index is 11.1. The van der Waals surface area contributed by atoms with Gasteiger partial charge in [0, 0.05) is 16.7 Å². The van der Waals surface area contributed by atoms with Gasteiger partial charge in [-0.25, -0.2) is 0 Å². The number of methoxy groups -OCH3 is 2. The Bertz CT molecular complexity index is 586. The number of rotatable bonds is 4. The Kier molecular flexibility index (Phi) is 4.07. The molecule has 0 aromatic heterocycles. The van der Waals surface area contributed by atoms with Crippen LogP contribution >= 0.6 is 11.6 Å². The van der Waals surface area contributed by atoms with Crippen molar-refractivity contribution < 1.29 is 14.3 Å². The van der Waals surface area contributed by atoms with Crippen molar-refractivity contribution in [2.45, 2.75) is 0 Å². The molecule has 0 aliphatic carbocycles. The molecule has 0 N–H and O–H groups in total. The first-order valence-electron chi connectivity index (χ1n) is 5.66. The molecule has 0 saturated heterocycles. The van der Waals surface area contributed by atoms with Gasteiger partial charge in [-0.15, -0.1) is 0 Å². The molecular formula is C15H13ClO3. The summed E-state index contributed by atoms with van der Waals surface area (Å²) in [4.78, 5) is 11.1. The highest BCUT2D eigenvalue weighted by Gasteiger charge is 2.09. The van der Waals surface area contributed by atoms with Crippen molar-refractivity contribution in [2.75, 3.05) is 14.2 Å². The number of hydrogen-bond acceptors (Lipinski definition) is 3. The van der Waals surface area contributed by atoms with E-state index < -0.39 is 0 Å². The van der Waals surface area contributed by atoms with E-state index in [-0.39, 0.29) is 0 Å². The van der Waals surface area contributed by atoms with Crippen LogP contribution < -0.4 is 9.47 Å². The van der Waals surface area contributed by atoms with Crippen molar-refractivity contribution in [1.82, 2.24) is 0 Å². The minimum absolute atomic E-state index is 0.528. The zero-order valence-corrected chi connectivity index (χ0v) is 11.4. The molecule has 2 rings (SSSR count). The van der Waals surface area contributed by atoms with Crippen molar-refractivity contribution in [3.05, 3.63) is 47.0 Å². The van der Waals surface area contributed by atoms with Gasteiger partial charge >= 0.3 is 0 Å². The Morgan fingerprint density at radius 1 is 1.00 bits per heavy atom. The molecule has 2 aromatic carbocycles. The average Bonchev–Trinajstić information content (AvgIpc) is 2.46. The molecule has 0 bridgehead atoms. The molecule has 2 aromatic rings. The van der Waals surface area contributed by atoms with Crippen molar-refractivity contribution in [3.8, 4) is 22.6 Å². The lowest BCUT2D eigenvalue weighted by atomic mass is 10.00. The third kappa shape index (κ3) is 2.88. The van der Waals surface area contributed by atoms with Crippen LogP contribution in [0.5, 0.6) is 11.5 Å². The molecule has 0 aliphatic heterocycles. The molecule has 0 heterocycles. The van der Waals surface area contributed by atoms with Crippen LogP contribution in [0, 0.1) is 0 Å². The highest BCUT2D eigenvalue weighted by molar-refractivity contribution is 6.31. The Balaban J connectivity index is 2.60. The second kappa shape index (κ2) is 5.76. The van der Waals surface area contributed by atoms with Crippen molar-refractivity contribution in [2.24, 2.45) is 0 Å². The summed E-state index contributed by atoms with van der Waals surface area (Å²) in [6.07, 6.45) is 0.785. The number of aldehydes is 1. The second-order valence-electron chi connectivity index (χ2n) is 3.95. The number of benzene rings is 2. The highest BCUT2D eigenvalue weighted by Crippen LogP contribution is 2.32. The third-order valence-electron chi connectivity index (χ3n) is 2.80. The lowest BCUT2D eigenvalue weighted by Gasteiger charge is -2.10. The normalized spacial score (nSPS) is 10.1. The van der Waals surface area contributed by atoms with E-state index in [0.29, 0.717) is 22.1 Å². The Labute approximate surface area is 116 Å². The number of carbonyl (C=O) groups is 1. The van der Waals surface area contributed by atoms with Crippen LogP contribution in [0.15, 0.2) is 36.4 Å². The summed E-state index contributed by atoms with van der Waals surface area (Å²) in [5.74, 6) is 1.34. The second-order valence-corrected chi connectivity index (χ2v) is 4.39. The molecule has 0 radical (unpaired) electrons. The van der Waals surface area contributed by atoms with Gasteiger partial charge in [-0.05, 0) is 35.4 Å². The van der Waals surface area contributed by atoms with Crippen LogP contribution in [0.3, 0.4) is 0 Å². The molecule has 19 heavy (non-hydrogen) atoms. The van der Waals surface area contributed by atoms with E-state index in [1.807, 2.05) is 12.1 Å². The molecule has 0 spiro atoms. The van der Waals surface area contributed by atoms with Crippen LogP contribution in [0.2, 0.25) is 5.02 Å². The van der Waals surface area contributed by atoms with E-state index >= 15 is 0 Å². The Hall–Kier alpha value is -2.00. The SMILES string of the molecule is COc1cc(OC)cc(-c2ccc(Cl)cc2C=O)c1. The molecule has 0 aliphatic rings. The summed E-state index contributed by atoms with van der Waals surface area (Å²) in [7, 11) is 3.17. The lowest BCUT2D eigenvalue weighted by Crippen LogP contribution is -1.91. The van der Waals surface area contributed by atoms with Gasteiger partial charge in [0.2, 0.25) is 0 Å². The van der Waals surface area contributed by atoms with Gasteiger partial charge in [-0.1, -0.05) is 17.7 Å². The molecule has 4 heteroatoms. The first-order chi connectivity index (χ1) is 9.17. The summed E-state index contributed by atoms with van der Waals surface area (Å²) in [5, 5.41) is 0.528. The van der Waals surface area contributed by atoms with Crippen molar-refractivity contribution in [1.29, 1.82) is 0 Å².